The first-order valence-corrected chi connectivity index (χ1v) is 6.42. The molecular formula is C16H23NO2. The third kappa shape index (κ3) is 5.26. The predicted octanol–water partition coefficient (Wildman–Crippen LogP) is 2.63. The Balaban J connectivity index is 2.79. The standard InChI is InChI=1S/C16H23NO2/c1-12-6-8-14(9-7-12)10-13(2)15(18)17(5)11-16(3,4)19/h6-10,19H,11H2,1-5H3/b13-10+. The van der Waals surface area contributed by atoms with Crippen molar-refractivity contribution in [1.29, 1.82) is 0 Å². The van der Waals surface area contributed by atoms with Gasteiger partial charge in [-0.3, -0.25) is 4.79 Å². The highest BCUT2D eigenvalue weighted by molar-refractivity contribution is 5.97. The average molecular weight is 261 g/mol. The van der Waals surface area contributed by atoms with Crippen LogP contribution in [0.5, 0.6) is 0 Å². The Morgan fingerprint density at radius 3 is 2.32 bits per heavy atom. The number of carbonyl (C=O) groups is 1. The van der Waals surface area contributed by atoms with Crippen molar-refractivity contribution in [2.45, 2.75) is 33.3 Å². The van der Waals surface area contributed by atoms with E-state index in [2.05, 4.69) is 0 Å². The predicted molar refractivity (Wildman–Crippen MR) is 78.8 cm³/mol. The van der Waals surface area contributed by atoms with Crippen LogP contribution in [0.4, 0.5) is 0 Å². The van der Waals surface area contributed by atoms with Crippen LogP contribution in [0, 0.1) is 6.92 Å². The summed E-state index contributed by atoms with van der Waals surface area (Å²) < 4.78 is 0. The molecule has 0 bridgehead atoms. The van der Waals surface area contributed by atoms with E-state index in [1.54, 1.807) is 32.7 Å². The lowest BCUT2D eigenvalue weighted by Crippen LogP contribution is -2.40. The summed E-state index contributed by atoms with van der Waals surface area (Å²) >= 11 is 0. The number of benzene rings is 1. The molecule has 0 aromatic heterocycles. The number of nitrogens with zero attached hydrogens (tertiary/aromatic N) is 1. The van der Waals surface area contributed by atoms with Crippen LogP contribution in [0.2, 0.25) is 0 Å². The number of rotatable bonds is 4. The number of amides is 1. The number of aliphatic hydroxyl groups is 1. The maximum absolute atomic E-state index is 12.1. The first-order chi connectivity index (χ1) is 8.69. The second-order valence-corrected chi connectivity index (χ2v) is 5.71. The van der Waals surface area contributed by atoms with Gasteiger partial charge in [-0.05, 0) is 39.3 Å². The third-order valence-corrected chi connectivity index (χ3v) is 2.77. The minimum Gasteiger partial charge on any atom is -0.389 e. The van der Waals surface area contributed by atoms with Gasteiger partial charge in [0.1, 0.15) is 0 Å². The summed E-state index contributed by atoms with van der Waals surface area (Å²) in [4.78, 5) is 13.7. The molecule has 0 heterocycles. The second kappa shape index (κ2) is 6.02. The molecule has 0 spiro atoms. The molecule has 1 amide bonds. The molecule has 0 unspecified atom stereocenters. The lowest BCUT2D eigenvalue weighted by atomic mass is 10.1. The van der Waals surface area contributed by atoms with E-state index in [1.807, 2.05) is 37.3 Å². The molecule has 3 nitrogen and oxygen atoms in total. The summed E-state index contributed by atoms with van der Waals surface area (Å²) in [5, 5.41) is 9.73. The SMILES string of the molecule is C/C(=C\c1ccc(C)cc1)C(=O)N(C)CC(C)(C)O. The highest BCUT2D eigenvalue weighted by Gasteiger charge is 2.19. The van der Waals surface area contributed by atoms with Crippen LogP contribution in [0.25, 0.3) is 6.08 Å². The largest absolute Gasteiger partial charge is 0.389 e. The Labute approximate surface area is 115 Å². The van der Waals surface area contributed by atoms with Crippen LogP contribution in [0.3, 0.4) is 0 Å². The summed E-state index contributed by atoms with van der Waals surface area (Å²) in [7, 11) is 1.70. The maximum atomic E-state index is 12.1. The minimum atomic E-state index is -0.880. The highest BCUT2D eigenvalue weighted by atomic mass is 16.3. The fourth-order valence-electron chi connectivity index (χ4n) is 1.93. The third-order valence-electron chi connectivity index (χ3n) is 2.77. The van der Waals surface area contributed by atoms with E-state index in [4.69, 9.17) is 0 Å². The number of carbonyl (C=O) groups excluding carboxylic acids is 1. The van der Waals surface area contributed by atoms with Crippen molar-refractivity contribution in [3.63, 3.8) is 0 Å². The molecule has 0 saturated carbocycles. The molecule has 0 atom stereocenters. The van der Waals surface area contributed by atoms with Gasteiger partial charge in [0.05, 0.1) is 5.60 Å². The smallest absolute Gasteiger partial charge is 0.249 e. The number of aryl methyl sites for hydroxylation is 1. The molecule has 3 heteroatoms. The van der Waals surface area contributed by atoms with E-state index in [0.717, 1.165) is 5.56 Å². The van der Waals surface area contributed by atoms with Gasteiger partial charge < -0.3 is 10.0 Å². The van der Waals surface area contributed by atoms with Crippen LogP contribution in [-0.2, 0) is 4.79 Å². The van der Waals surface area contributed by atoms with E-state index in [1.165, 1.54) is 5.56 Å². The molecule has 0 aliphatic heterocycles. The molecule has 0 aliphatic carbocycles. The van der Waals surface area contributed by atoms with Gasteiger partial charge in [-0.25, -0.2) is 0 Å². The van der Waals surface area contributed by atoms with Crippen molar-refractivity contribution < 1.29 is 9.90 Å². The van der Waals surface area contributed by atoms with Gasteiger partial charge in [0.2, 0.25) is 5.91 Å². The van der Waals surface area contributed by atoms with Crippen molar-refractivity contribution >= 4 is 12.0 Å². The molecule has 0 aliphatic rings. The molecular weight excluding hydrogens is 238 g/mol. The molecule has 0 fully saturated rings. The lowest BCUT2D eigenvalue weighted by Gasteiger charge is -2.25. The zero-order valence-corrected chi connectivity index (χ0v) is 12.4. The molecule has 1 aromatic rings. The summed E-state index contributed by atoms with van der Waals surface area (Å²) in [6, 6.07) is 8.01. The van der Waals surface area contributed by atoms with Crippen LogP contribution < -0.4 is 0 Å². The van der Waals surface area contributed by atoms with Gasteiger partial charge >= 0.3 is 0 Å². The topological polar surface area (TPSA) is 40.5 Å². The van der Waals surface area contributed by atoms with Crippen molar-refractivity contribution in [3.05, 3.63) is 41.0 Å². The molecule has 1 N–H and O–H groups in total. The van der Waals surface area contributed by atoms with Crippen molar-refractivity contribution in [2.24, 2.45) is 0 Å². The fourth-order valence-corrected chi connectivity index (χ4v) is 1.93. The van der Waals surface area contributed by atoms with Crippen LogP contribution >= 0.6 is 0 Å². The highest BCUT2D eigenvalue weighted by Crippen LogP contribution is 2.11. The van der Waals surface area contributed by atoms with E-state index >= 15 is 0 Å². The van der Waals surface area contributed by atoms with E-state index in [0.29, 0.717) is 12.1 Å². The average Bonchev–Trinajstić information content (AvgIpc) is 2.28. The zero-order chi connectivity index (χ0) is 14.6. The van der Waals surface area contributed by atoms with E-state index < -0.39 is 5.60 Å². The Kier molecular flexibility index (Phi) is 4.90. The number of hydrogen-bond donors (Lipinski definition) is 1. The molecule has 0 radical (unpaired) electrons. The number of likely N-dealkylation sites (N-methyl/N-ethyl adjacent to an activating group) is 1. The van der Waals surface area contributed by atoms with Gasteiger partial charge in [-0.2, -0.15) is 0 Å². The van der Waals surface area contributed by atoms with Gasteiger partial charge in [-0.1, -0.05) is 29.8 Å². The quantitative estimate of drug-likeness (QED) is 0.846. The lowest BCUT2D eigenvalue weighted by molar-refractivity contribution is -0.128. The van der Waals surface area contributed by atoms with Crippen molar-refractivity contribution in [1.82, 2.24) is 4.90 Å². The first kappa shape index (κ1) is 15.4. The van der Waals surface area contributed by atoms with Crippen molar-refractivity contribution in [2.75, 3.05) is 13.6 Å². The molecule has 19 heavy (non-hydrogen) atoms. The van der Waals surface area contributed by atoms with Crippen LogP contribution in [-0.4, -0.2) is 35.1 Å². The van der Waals surface area contributed by atoms with E-state index in [-0.39, 0.29) is 5.91 Å². The molecule has 104 valence electrons. The Morgan fingerprint density at radius 2 is 1.84 bits per heavy atom. The van der Waals surface area contributed by atoms with Gasteiger partial charge in [0.15, 0.2) is 0 Å². The van der Waals surface area contributed by atoms with Crippen LogP contribution in [0.15, 0.2) is 29.8 Å². The molecule has 1 rings (SSSR count). The summed E-state index contributed by atoms with van der Waals surface area (Å²) in [6.45, 7) is 7.52. The monoisotopic (exact) mass is 261 g/mol. The van der Waals surface area contributed by atoms with Gasteiger partial charge in [0, 0.05) is 19.2 Å². The molecule has 0 saturated heterocycles. The summed E-state index contributed by atoms with van der Waals surface area (Å²) in [5.41, 5.74) is 1.98. The summed E-state index contributed by atoms with van der Waals surface area (Å²) in [5.74, 6) is -0.0669. The van der Waals surface area contributed by atoms with Crippen LogP contribution in [0.1, 0.15) is 31.9 Å². The Morgan fingerprint density at radius 1 is 1.32 bits per heavy atom. The minimum absolute atomic E-state index is 0.0669. The van der Waals surface area contributed by atoms with E-state index in [9.17, 15) is 9.90 Å². The first-order valence-electron chi connectivity index (χ1n) is 6.42. The van der Waals surface area contributed by atoms with Gasteiger partial charge in [0.25, 0.3) is 0 Å². The zero-order valence-electron chi connectivity index (χ0n) is 12.4. The number of hydrogen-bond acceptors (Lipinski definition) is 2. The molecule has 1 aromatic carbocycles. The fraction of sp³-hybridized carbons (Fsp3) is 0.438. The Hall–Kier alpha value is -1.61. The van der Waals surface area contributed by atoms with Crippen molar-refractivity contribution in [3.8, 4) is 0 Å². The normalized spacial score (nSPS) is 12.4. The second-order valence-electron chi connectivity index (χ2n) is 5.71. The van der Waals surface area contributed by atoms with Gasteiger partial charge in [-0.15, -0.1) is 0 Å². The maximum Gasteiger partial charge on any atom is 0.249 e. The summed E-state index contributed by atoms with van der Waals surface area (Å²) in [6.07, 6.45) is 1.86. The Bertz CT molecular complexity index is 467.